The topological polar surface area (TPSA) is 243 Å². The summed E-state index contributed by atoms with van der Waals surface area (Å²) in [4.78, 5) is 49.6. The quantitative estimate of drug-likeness (QED) is 0.0350. The number of carbonyl (C=O) groups is 3. The fourth-order valence-corrected chi connectivity index (χ4v) is 13.3. The minimum absolute atomic E-state index is 0.0251. The van der Waals surface area contributed by atoms with Gasteiger partial charge in [-0.25, -0.2) is 4.79 Å². The average molecular weight is 1050 g/mol. The molecule has 4 fully saturated rings. The number of aliphatic hydroxyl groups is 6. The molecule has 10 rings (SSSR count). The van der Waals surface area contributed by atoms with Crippen LogP contribution in [0.2, 0.25) is 0 Å². The second-order valence-corrected chi connectivity index (χ2v) is 22.7. The van der Waals surface area contributed by atoms with E-state index in [1.54, 1.807) is 0 Å². The molecule has 1 spiro atoms. The summed E-state index contributed by atoms with van der Waals surface area (Å²) in [5.41, 5.74) is 0.0846. The number of fused-ring (bicyclic) bond motifs is 6. The van der Waals surface area contributed by atoms with Gasteiger partial charge >= 0.3 is 5.97 Å². The maximum atomic E-state index is 15.4. The summed E-state index contributed by atoms with van der Waals surface area (Å²) in [7, 11) is 0. The van der Waals surface area contributed by atoms with E-state index >= 15 is 4.79 Å². The minimum atomic E-state index is -2.20. The number of nitrogens with one attached hydrogen (secondary N) is 1. The third-order valence-corrected chi connectivity index (χ3v) is 16.9. The average Bonchev–Trinajstić information content (AvgIpc) is 3.60. The number of amides is 1. The van der Waals surface area contributed by atoms with E-state index in [1.165, 1.54) is 48.2 Å². The summed E-state index contributed by atoms with van der Waals surface area (Å²) in [6.07, 6.45) is 5.05. The summed E-state index contributed by atoms with van der Waals surface area (Å²) < 4.78 is 33.1. The van der Waals surface area contributed by atoms with Crippen LogP contribution in [0.3, 0.4) is 0 Å². The monoisotopic (exact) mass is 1050 g/mol. The van der Waals surface area contributed by atoms with Gasteiger partial charge in [-0.1, -0.05) is 55.4 Å². The highest BCUT2D eigenvalue weighted by Crippen LogP contribution is 2.68. The summed E-state index contributed by atoms with van der Waals surface area (Å²) >= 11 is 1.53. The zero-order valence-corrected chi connectivity index (χ0v) is 44.1. The predicted molar refractivity (Wildman–Crippen MR) is 281 cm³/mol. The van der Waals surface area contributed by atoms with Crippen LogP contribution in [-0.2, 0) is 20.7 Å². The third kappa shape index (κ3) is 9.79. The van der Waals surface area contributed by atoms with Crippen LogP contribution in [-0.4, -0.2) is 127 Å². The Labute approximate surface area is 441 Å². The van der Waals surface area contributed by atoms with Crippen molar-refractivity contribution >= 4 is 46.9 Å². The van der Waals surface area contributed by atoms with Crippen molar-refractivity contribution in [1.82, 2.24) is 5.32 Å². The standard InChI is InChI=1S/C58H68N2O14S/c1-30(2)12-10-23-56(7)25-22-36-49(73-56)35(21-16-31(3)4)51-43(50(36)72-54(68)33-17-19-34(20-18-33)70-55-48(66)47(65)46(64)40(29-62)71-55)45-44-52(75-41-14-9-8-13-39(41)60-45)37-28-38(32(5)6)58(44,74-51)57(69,53(37)67)24-11-15-42(63)59-26-27-61/h8-9,11-20,22,25,32,37-38,40,44,46-48,52,55,61-62,64-66,69H,10,21,23-24,26-29H2,1-7H3,(H,59,63)/t37?,38?,40-,44?,46-,47+,48-,52?,55-,56?,57?,58?/m0/s1. The van der Waals surface area contributed by atoms with Crippen molar-refractivity contribution in [3.63, 3.8) is 0 Å². The van der Waals surface area contributed by atoms with Crippen molar-refractivity contribution in [1.29, 1.82) is 0 Å². The van der Waals surface area contributed by atoms with Gasteiger partial charge in [-0.15, -0.1) is 11.8 Å². The number of hydrogen-bond donors (Lipinski definition) is 7. The van der Waals surface area contributed by atoms with Gasteiger partial charge in [0.2, 0.25) is 12.2 Å². The van der Waals surface area contributed by atoms with Crippen molar-refractivity contribution < 1.29 is 68.7 Å². The molecule has 7 unspecified atom stereocenters. The summed E-state index contributed by atoms with van der Waals surface area (Å²) in [6, 6.07) is 13.5. The number of aliphatic imine (C=N–C) groups is 1. The number of aliphatic hydroxyl groups excluding tert-OH is 5. The van der Waals surface area contributed by atoms with Crippen LogP contribution in [0.4, 0.5) is 5.69 Å². The Morgan fingerprint density at radius 3 is 2.39 bits per heavy atom. The molecular weight excluding hydrogens is 981 g/mol. The molecule has 7 N–H and O–H groups in total. The maximum absolute atomic E-state index is 15.4. The molecule has 3 aromatic carbocycles. The van der Waals surface area contributed by atoms with Crippen LogP contribution in [0, 0.1) is 23.7 Å². The van der Waals surface area contributed by atoms with E-state index in [-0.39, 0.29) is 54.7 Å². The number of allylic oxidation sites excluding steroid dienone is 4. The lowest BCUT2D eigenvalue weighted by molar-refractivity contribution is -0.277. The van der Waals surface area contributed by atoms with E-state index in [4.69, 9.17) is 28.7 Å². The van der Waals surface area contributed by atoms with Gasteiger partial charge in [-0.3, -0.25) is 14.6 Å². The van der Waals surface area contributed by atoms with Crippen LogP contribution < -0.4 is 24.3 Å². The molecule has 0 aromatic heterocycles. The number of thioether (sulfide) groups is 1. The number of esters is 1. The Kier molecular flexibility index (Phi) is 15.5. The molecule has 4 aliphatic heterocycles. The van der Waals surface area contributed by atoms with Crippen LogP contribution in [0.5, 0.6) is 23.0 Å². The number of rotatable bonds is 16. The number of ketones is 1. The number of nitrogens with zero attached hydrogens (tertiary/aromatic N) is 1. The Morgan fingerprint density at radius 1 is 0.960 bits per heavy atom. The van der Waals surface area contributed by atoms with E-state index in [9.17, 15) is 40.2 Å². The first-order valence-electron chi connectivity index (χ1n) is 25.8. The van der Waals surface area contributed by atoms with Crippen molar-refractivity contribution in [2.24, 2.45) is 28.7 Å². The molecule has 2 bridgehead atoms. The van der Waals surface area contributed by atoms with Crippen LogP contribution in [0.1, 0.15) is 101 Å². The molecule has 0 radical (unpaired) electrons. The first-order valence-corrected chi connectivity index (χ1v) is 26.7. The summed E-state index contributed by atoms with van der Waals surface area (Å²) in [6.45, 7) is 13.3. The van der Waals surface area contributed by atoms with Crippen LogP contribution in [0.15, 0.2) is 99.9 Å². The van der Waals surface area contributed by atoms with E-state index in [0.29, 0.717) is 53.1 Å². The third-order valence-electron chi connectivity index (χ3n) is 15.4. The fourth-order valence-electron chi connectivity index (χ4n) is 11.7. The van der Waals surface area contributed by atoms with Gasteiger partial charge < -0.3 is 59.6 Å². The van der Waals surface area contributed by atoms with E-state index < -0.39 is 94.8 Å². The Bertz CT molecular complexity index is 2870. The number of Topliss-reactive ketones (excluding diaryl/α,β-unsaturated/α-hetero) is 1. The molecule has 7 aliphatic rings. The Balaban J connectivity index is 1.25. The van der Waals surface area contributed by atoms with Gasteiger partial charge in [0.25, 0.3) is 0 Å². The van der Waals surface area contributed by atoms with Gasteiger partial charge in [0.15, 0.2) is 22.7 Å². The Morgan fingerprint density at radius 2 is 1.69 bits per heavy atom. The highest BCUT2D eigenvalue weighted by molar-refractivity contribution is 8.00. The summed E-state index contributed by atoms with van der Waals surface area (Å²) in [5, 5.41) is 66.2. The second-order valence-electron chi connectivity index (χ2n) is 21.5. The van der Waals surface area contributed by atoms with Crippen molar-refractivity contribution in [2.75, 3.05) is 19.8 Å². The van der Waals surface area contributed by atoms with Crippen LogP contribution in [0.25, 0.3) is 6.08 Å². The summed E-state index contributed by atoms with van der Waals surface area (Å²) in [5.74, 6) is -2.79. The number of carbonyl (C=O) groups excluding carboxylic acids is 3. The number of benzene rings is 3. The molecule has 12 atom stereocenters. The molecule has 17 heteroatoms. The zero-order valence-electron chi connectivity index (χ0n) is 43.3. The molecule has 3 aliphatic carbocycles. The molecule has 75 heavy (non-hydrogen) atoms. The van der Waals surface area contributed by atoms with Gasteiger partial charge in [0.1, 0.15) is 47.3 Å². The molecule has 400 valence electrons. The van der Waals surface area contributed by atoms with E-state index in [1.807, 2.05) is 71.0 Å². The molecule has 3 saturated carbocycles. The van der Waals surface area contributed by atoms with E-state index in [0.717, 1.165) is 16.0 Å². The molecule has 1 amide bonds. The predicted octanol–water partition coefficient (Wildman–Crippen LogP) is 6.51. The molecular formula is C58H68N2O14S. The first-order chi connectivity index (χ1) is 35.7. The Hall–Kier alpha value is -5.63. The van der Waals surface area contributed by atoms with Crippen molar-refractivity contribution in [2.45, 2.75) is 138 Å². The van der Waals surface area contributed by atoms with Crippen molar-refractivity contribution in [3.05, 3.63) is 112 Å². The number of ether oxygens (including phenoxy) is 5. The lowest BCUT2D eigenvalue weighted by atomic mass is 9.44. The van der Waals surface area contributed by atoms with Gasteiger partial charge in [-0.2, -0.15) is 0 Å². The maximum Gasteiger partial charge on any atom is 0.343 e. The fraction of sp³-hybridized carbons (Fsp3) is 0.483. The SMILES string of the molecule is CC(C)=CCCC1(C)C=Cc2c(c(CC=C(C)C)c3c(c2OC(=O)c2ccc(O[C@H]4O[C@@H](CO)[C@H](O)[C@@H](O)[C@@H]4O)cc2)C2=Nc4ccccc4SC4C5CC(C(C)C)C(O3)(C24)C(O)(CC=CC(=O)NCCO)C5=O)O1. The second kappa shape index (κ2) is 21.4. The largest absolute Gasteiger partial charge is 0.482 e. The van der Waals surface area contributed by atoms with Gasteiger partial charge in [0, 0.05) is 40.5 Å². The minimum Gasteiger partial charge on any atom is -0.482 e. The van der Waals surface area contributed by atoms with E-state index in [2.05, 4.69) is 31.3 Å². The highest BCUT2D eigenvalue weighted by atomic mass is 32.2. The lowest BCUT2D eigenvalue weighted by Crippen LogP contribution is -2.82. The highest BCUT2D eigenvalue weighted by Gasteiger charge is 2.78. The molecule has 16 nitrogen and oxygen atoms in total. The normalized spacial score (nSPS) is 30.9. The molecule has 1 saturated heterocycles. The van der Waals surface area contributed by atoms with Gasteiger partial charge in [-0.05, 0) is 121 Å². The molecule has 4 heterocycles. The molecule has 3 aromatic rings. The van der Waals surface area contributed by atoms with Crippen LogP contribution >= 0.6 is 11.8 Å². The zero-order chi connectivity index (χ0) is 53.7. The first kappa shape index (κ1) is 54.2. The smallest absolute Gasteiger partial charge is 0.343 e. The van der Waals surface area contributed by atoms with Gasteiger partial charge in [0.05, 0.1) is 47.2 Å². The van der Waals surface area contributed by atoms with Crippen molar-refractivity contribution in [3.8, 4) is 23.0 Å². The number of para-hydroxylation sites is 1. The number of hydrogen-bond acceptors (Lipinski definition) is 16. The lowest BCUT2D eigenvalue weighted by Gasteiger charge is -2.67.